The van der Waals surface area contributed by atoms with Gasteiger partial charge in [0.1, 0.15) is 0 Å². The molecule has 0 aliphatic rings. The van der Waals surface area contributed by atoms with Gasteiger partial charge in [0.25, 0.3) is 0 Å². The lowest BCUT2D eigenvalue weighted by Crippen LogP contribution is -2.06. The minimum Gasteiger partial charge on any atom is -0.398 e. The third kappa shape index (κ3) is 2.50. The Hall–Kier alpha value is -1.05. The van der Waals surface area contributed by atoms with E-state index in [0.717, 1.165) is 0 Å². The SMILES string of the molecule is Nc1cccc(S(=O)(=O)c2cccc(N)c2Br)c1Br. The highest BCUT2D eigenvalue weighted by Crippen LogP contribution is 2.36. The van der Waals surface area contributed by atoms with Gasteiger partial charge >= 0.3 is 0 Å². The van der Waals surface area contributed by atoms with Crippen molar-refractivity contribution in [2.24, 2.45) is 0 Å². The number of halogens is 2. The number of hydrogen-bond acceptors (Lipinski definition) is 4. The first-order chi connectivity index (χ1) is 8.85. The normalized spacial score (nSPS) is 11.5. The van der Waals surface area contributed by atoms with Crippen LogP contribution in [0.15, 0.2) is 55.1 Å². The molecule has 2 aromatic rings. The molecule has 0 radical (unpaired) electrons. The molecule has 0 aromatic heterocycles. The number of nitrogens with two attached hydrogens (primary N) is 2. The van der Waals surface area contributed by atoms with E-state index in [-0.39, 0.29) is 9.79 Å². The van der Waals surface area contributed by atoms with Crippen molar-refractivity contribution in [3.63, 3.8) is 0 Å². The molecular weight excluding hydrogens is 396 g/mol. The van der Waals surface area contributed by atoms with Gasteiger partial charge in [-0.2, -0.15) is 0 Å². The highest BCUT2D eigenvalue weighted by Gasteiger charge is 2.24. The van der Waals surface area contributed by atoms with E-state index in [2.05, 4.69) is 31.9 Å². The highest BCUT2D eigenvalue weighted by molar-refractivity contribution is 9.11. The molecule has 0 aliphatic heterocycles. The van der Waals surface area contributed by atoms with Crippen molar-refractivity contribution in [2.75, 3.05) is 11.5 Å². The highest BCUT2D eigenvalue weighted by atomic mass is 79.9. The second-order valence-electron chi connectivity index (χ2n) is 3.82. The minimum atomic E-state index is -3.70. The smallest absolute Gasteiger partial charge is 0.208 e. The number of nitrogen functional groups attached to an aromatic ring is 2. The molecule has 2 rings (SSSR count). The van der Waals surface area contributed by atoms with E-state index in [0.29, 0.717) is 20.3 Å². The zero-order valence-electron chi connectivity index (χ0n) is 9.60. The molecule has 0 amide bonds. The van der Waals surface area contributed by atoms with Gasteiger partial charge in [0.05, 0.1) is 18.7 Å². The summed E-state index contributed by atoms with van der Waals surface area (Å²) in [7, 11) is -3.70. The second-order valence-corrected chi connectivity index (χ2v) is 7.29. The van der Waals surface area contributed by atoms with Crippen molar-refractivity contribution >= 4 is 53.1 Å². The van der Waals surface area contributed by atoms with Crippen LogP contribution < -0.4 is 11.5 Å². The van der Waals surface area contributed by atoms with E-state index in [4.69, 9.17) is 11.5 Å². The van der Waals surface area contributed by atoms with Crippen LogP contribution in [0.4, 0.5) is 11.4 Å². The van der Waals surface area contributed by atoms with Gasteiger partial charge in [-0.3, -0.25) is 0 Å². The molecular formula is C12H10Br2N2O2S. The van der Waals surface area contributed by atoms with Crippen LogP contribution in [-0.4, -0.2) is 8.42 Å². The van der Waals surface area contributed by atoms with E-state index in [1.807, 2.05) is 0 Å². The van der Waals surface area contributed by atoms with Crippen molar-refractivity contribution in [1.82, 2.24) is 0 Å². The molecule has 0 spiro atoms. The Morgan fingerprint density at radius 2 is 1.16 bits per heavy atom. The van der Waals surface area contributed by atoms with Gasteiger partial charge in [-0.15, -0.1) is 0 Å². The number of sulfone groups is 1. The minimum absolute atomic E-state index is 0.110. The topological polar surface area (TPSA) is 86.2 Å². The molecule has 100 valence electrons. The predicted molar refractivity (Wildman–Crippen MR) is 82.6 cm³/mol. The van der Waals surface area contributed by atoms with Crippen molar-refractivity contribution in [1.29, 1.82) is 0 Å². The van der Waals surface area contributed by atoms with E-state index >= 15 is 0 Å². The first kappa shape index (κ1) is 14.4. The molecule has 0 bridgehead atoms. The molecule has 0 unspecified atom stereocenters. The van der Waals surface area contributed by atoms with Gasteiger partial charge in [0, 0.05) is 11.4 Å². The quantitative estimate of drug-likeness (QED) is 0.751. The summed E-state index contributed by atoms with van der Waals surface area (Å²) in [6.45, 7) is 0. The molecule has 0 saturated heterocycles. The Morgan fingerprint density at radius 1 is 0.789 bits per heavy atom. The zero-order valence-corrected chi connectivity index (χ0v) is 13.6. The lowest BCUT2D eigenvalue weighted by Gasteiger charge is -2.11. The molecule has 7 heteroatoms. The maximum atomic E-state index is 12.6. The van der Waals surface area contributed by atoms with Gasteiger partial charge in [0.15, 0.2) is 0 Å². The summed E-state index contributed by atoms with van der Waals surface area (Å²) < 4.78 is 25.9. The Bertz CT molecular complexity index is 688. The molecule has 0 aliphatic carbocycles. The van der Waals surface area contributed by atoms with Gasteiger partial charge < -0.3 is 11.5 Å². The summed E-state index contributed by atoms with van der Waals surface area (Å²) >= 11 is 6.41. The third-order valence-corrected chi connectivity index (χ3v) is 6.70. The van der Waals surface area contributed by atoms with Crippen LogP contribution in [0.3, 0.4) is 0 Å². The van der Waals surface area contributed by atoms with Gasteiger partial charge in [-0.05, 0) is 56.1 Å². The van der Waals surface area contributed by atoms with Crippen molar-refractivity contribution < 1.29 is 8.42 Å². The van der Waals surface area contributed by atoms with Gasteiger partial charge in [-0.25, -0.2) is 8.42 Å². The summed E-state index contributed by atoms with van der Waals surface area (Å²) in [5.41, 5.74) is 12.2. The Labute approximate surface area is 128 Å². The average molecular weight is 406 g/mol. The Kier molecular flexibility index (Phi) is 3.89. The lowest BCUT2D eigenvalue weighted by molar-refractivity contribution is 0.595. The van der Waals surface area contributed by atoms with Crippen LogP contribution in [0.2, 0.25) is 0 Å². The van der Waals surface area contributed by atoms with E-state index in [9.17, 15) is 8.42 Å². The molecule has 0 fully saturated rings. The number of rotatable bonds is 2. The fourth-order valence-electron chi connectivity index (χ4n) is 1.59. The van der Waals surface area contributed by atoms with E-state index in [1.54, 1.807) is 24.3 Å². The third-order valence-electron chi connectivity index (χ3n) is 2.57. The van der Waals surface area contributed by atoms with Crippen molar-refractivity contribution in [2.45, 2.75) is 9.79 Å². The molecule has 2 aromatic carbocycles. The molecule has 0 atom stereocenters. The standard InChI is InChI=1S/C12H10Br2N2O2S/c13-11-7(15)3-1-5-9(11)19(17,18)10-6-2-4-8(16)12(10)14/h1-6H,15-16H2. The molecule has 4 N–H and O–H groups in total. The van der Waals surface area contributed by atoms with Crippen LogP contribution in [-0.2, 0) is 9.84 Å². The largest absolute Gasteiger partial charge is 0.398 e. The average Bonchev–Trinajstić information content (AvgIpc) is 2.35. The number of hydrogen-bond donors (Lipinski definition) is 2. The predicted octanol–water partition coefficient (Wildman–Crippen LogP) is 3.21. The zero-order chi connectivity index (χ0) is 14.2. The van der Waals surface area contributed by atoms with E-state index < -0.39 is 9.84 Å². The fraction of sp³-hybridized carbons (Fsp3) is 0. The maximum Gasteiger partial charge on any atom is 0.208 e. The summed E-state index contributed by atoms with van der Waals surface area (Å²) in [5, 5.41) is 0. The summed E-state index contributed by atoms with van der Waals surface area (Å²) in [6, 6.07) is 9.41. The first-order valence-corrected chi connectivity index (χ1v) is 8.25. The maximum absolute atomic E-state index is 12.6. The van der Waals surface area contributed by atoms with Crippen LogP contribution in [0, 0.1) is 0 Å². The molecule has 4 nitrogen and oxygen atoms in total. The monoisotopic (exact) mass is 404 g/mol. The Morgan fingerprint density at radius 3 is 1.53 bits per heavy atom. The Balaban J connectivity index is 2.73. The van der Waals surface area contributed by atoms with Crippen LogP contribution in [0.5, 0.6) is 0 Å². The van der Waals surface area contributed by atoms with Crippen LogP contribution >= 0.6 is 31.9 Å². The van der Waals surface area contributed by atoms with Crippen LogP contribution in [0.25, 0.3) is 0 Å². The molecule has 0 heterocycles. The summed E-state index contributed by atoms with van der Waals surface area (Å²) in [5.74, 6) is 0. The van der Waals surface area contributed by atoms with Crippen molar-refractivity contribution in [3.8, 4) is 0 Å². The molecule has 19 heavy (non-hydrogen) atoms. The molecule has 0 saturated carbocycles. The second kappa shape index (κ2) is 5.15. The summed E-state index contributed by atoms with van der Waals surface area (Å²) in [6.07, 6.45) is 0. The van der Waals surface area contributed by atoms with Crippen LogP contribution in [0.1, 0.15) is 0 Å². The van der Waals surface area contributed by atoms with Gasteiger partial charge in [0.2, 0.25) is 9.84 Å². The van der Waals surface area contributed by atoms with Gasteiger partial charge in [-0.1, -0.05) is 12.1 Å². The van der Waals surface area contributed by atoms with Crippen molar-refractivity contribution in [3.05, 3.63) is 45.3 Å². The number of benzene rings is 2. The first-order valence-electron chi connectivity index (χ1n) is 5.18. The lowest BCUT2D eigenvalue weighted by atomic mass is 10.3. The van der Waals surface area contributed by atoms with E-state index in [1.165, 1.54) is 12.1 Å². The fourth-order valence-corrected chi connectivity index (χ4v) is 4.86. The number of anilines is 2. The summed E-state index contributed by atoms with van der Waals surface area (Å²) in [4.78, 5) is 0.220.